The molecule has 358 valence electrons. The molecular weight excluding hydrogens is 848 g/mol. The lowest BCUT2D eigenvalue weighted by atomic mass is 9.81. The number of carbonyl (C=O) groups excluding carboxylic acids is 5. The maximum absolute atomic E-state index is 14.4. The van der Waals surface area contributed by atoms with Gasteiger partial charge in [0.05, 0.1) is 12.1 Å². The molecular formula is C51H73ClN4O9. The zero-order valence-electron chi connectivity index (χ0n) is 38.9. The van der Waals surface area contributed by atoms with Gasteiger partial charge in [-0.1, -0.05) is 137 Å². The maximum atomic E-state index is 14.4. The van der Waals surface area contributed by atoms with E-state index < -0.39 is 65.7 Å². The topological polar surface area (TPSA) is 181 Å². The molecule has 3 aromatic rings. The molecule has 0 unspecified atom stereocenters. The van der Waals surface area contributed by atoms with E-state index in [0.717, 1.165) is 48.8 Å². The molecule has 5 N–H and O–H groups in total. The van der Waals surface area contributed by atoms with Crippen LogP contribution in [0.3, 0.4) is 0 Å². The van der Waals surface area contributed by atoms with Gasteiger partial charge in [-0.3, -0.25) is 9.59 Å². The smallest absolute Gasteiger partial charge is 0.407 e. The van der Waals surface area contributed by atoms with Crippen LogP contribution >= 0.6 is 12.4 Å². The molecule has 3 aromatic carbocycles. The van der Waals surface area contributed by atoms with Gasteiger partial charge >= 0.3 is 18.2 Å². The number of hydrogen-bond donors (Lipinski definition) is 5. The number of aliphatic hydroxyl groups is 1. The van der Waals surface area contributed by atoms with Crippen molar-refractivity contribution in [2.75, 3.05) is 6.54 Å². The Morgan fingerprint density at radius 3 is 1.80 bits per heavy atom. The lowest BCUT2D eigenvalue weighted by Crippen LogP contribution is -2.54. The molecule has 0 bridgehead atoms. The predicted molar refractivity (Wildman–Crippen MR) is 254 cm³/mol. The Hall–Kier alpha value is -5.14. The summed E-state index contributed by atoms with van der Waals surface area (Å²) in [7, 11) is 0. The largest absolute Gasteiger partial charge is 0.459 e. The quantitative estimate of drug-likeness (QED) is 0.0334. The molecule has 65 heavy (non-hydrogen) atoms. The second-order valence-electron chi connectivity index (χ2n) is 18.5. The average molecular weight is 922 g/mol. The van der Waals surface area contributed by atoms with Crippen LogP contribution < -0.4 is 21.3 Å². The molecule has 0 radical (unpaired) electrons. The number of rotatable bonds is 24. The number of aliphatic hydroxyl groups excluding tert-OH is 1. The normalized spacial score (nSPS) is 15.2. The second kappa shape index (κ2) is 28.7. The molecule has 4 rings (SSSR count). The molecule has 14 heteroatoms. The first-order valence-corrected chi connectivity index (χ1v) is 23.1. The van der Waals surface area contributed by atoms with Crippen molar-refractivity contribution in [3.63, 3.8) is 0 Å². The minimum atomic E-state index is -1.07. The van der Waals surface area contributed by atoms with E-state index in [1.807, 2.05) is 105 Å². The summed E-state index contributed by atoms with van der Waals surface area (Å²) in [5.41, 5.74) is 1.73. The minimum absolute atomic E-state index is 0. The number of benzene rings is 3. The predicted octanol–water partition coefficient (Wildman–Crippen LogP) is 8.74. The van der Waals surface area contributed by atoms with Crippen LogP contribution in [0.4, 0.5) is 9.59 Å². The lowest BCUT2D eigenvalue weighted by Gasteiger charge is -2.33. The van der Waals surface area contributed by atoms with Gasteiger partial charge in [-0.05, 0) is 87.8 Å². The molecule has 1 aliphatic carbocycles. The van der Waals surface area contributed by atoms with E-state index in [2.05, 4.69) is 21.3 Å². The first-order chi connectivity index (χ1) is 30.6. The fourth-order valence-electron chi connectivity index (χ4n) is 8.03. The van der Waals surface area contributed by atoms with Gasteiger partial charge in [-0.25, -0.2) is 14.4 Å². The summed E-state index contributed by atoms with van der Waals surface area (Å²) < 4.78 is 16.6. The summed E-state index contributed by atoms with van der Waals surface area (Å²) in [5, 5.41) is 23.4. The molecule has 0 spiro atoms. The van der Waals surface area contributed by atoms with E-state index in [1.54, 1.807) is 20.8 Å². The van der Waals surface area contributed by atoms with Crippen molar-refractivity contribution in [3.8, 4) is 0 Å². The maximum Gasteiger partial charge on any atom is 0.407 e. The first-order valence-electron chi connectivity index (χ1n) is 23.1. The number of amides is 4. The van der Waals surface area contributed by atoms with Gasteiger partial charge < -0.3 is 40.6 Å². The Morgan fingerprint density at radius 2 is 1.23 bits per heavy atom. The monoisotopic (exact) mass is 921 g/mol. The number of unbranched alkanes of at least 4 members (excludes halogenated alkanes) is 1. The number of hydrogen-bond acceptors (Lipinski definition) is 9. The van der Waals surface area contributed by atoms with E-state index in [4.69, 9.17) is 14.2 Å². The SMILES string of the molecule is CC(C)C[C@H](C[C@H](O)[C@H](CC1CCCCC1)NC(=O)OC(C)(C)C)C(=O)N[C@@H](CCCCNC(=O)OCc1ccccc1)C(=O)N[C@@H](Cc1ccccc1)C(=O)OCc1ccccc1.Cl. The molecule has 4 amide bonds. The number of ether oxygens (including phenoxy) is 3. The van der Waals surface area contributed by atoms with Crippen LogP contribution in [0.1, 0.15) is 122 Å². The van der Waals surface area contributed by atoms with Crippen LogP contribution in [0.25, 0.3) is 0 Å². The summed E-state index contributed by atoms with van der Waals surface area (Å²) in [5.74, 6) is -1.93. The number of carbonyl (C=O) groups is 5. The second-order valence-corrected chi connectivity index (χ2v) is 18.5. The van der Waals surface area contributed by atoms with Gasteiger partial charge in [0.2, 0.25) is 11.8 Å². The molecule has 1 fully saturated rings. The summed E-state index contributed by atoms with van der Waals surface area (Å²) >= 11 is 0. The Balaban J connectivity index is 0.0000112. The summed E-state index contributed by atoms with van der Waals surface area (Å²) in [6.07, 6.45) is 5.35. The van der Waals surface area contributed by atoms with E-state index in [9.17, 15) is 29.1 Å². The Morgan fingerprint density at radius 1 is 0.677 bits per heavy atom. The number of halogens is 1. The Labute approximate surface area is 392 Å². The first kappa shape index (κ1) is 54.2. The molecule has 0 saturated heterocycles. The van der Waals surface area contributed by atoms with Crippen molar-refractivity contribution in [3.05, 3.63) is 108 Å². The van der Waals surface area contributed by atoms with Gasteiger partial charge in [0.25, 0.3) is 0 Å². The van der Waals surface area contributed by atoms with E-state index >= 15 is 0 Å². The molecule has 5 atom stereocenters. The molecule has 0 aliphatic heterocycles. The minimum Gasteiger partial charge on any atom is -0.459 e. The fraction of sp³-hybridized carbons (Fsp3) is 0.549. The van der Waals surface area contributed by atoms with Gasteiger partial charge in [0.15, 0.2) is 0 Å². The third kappa shape index (κ3) is 21.6. The Bertz CT molecular complexity index is 1860. The highest BCUT2D eigenvalue weighted by Crippen LogP contribution is 2.30. The van der Waals surface area contributed by atoms with Crippen molar-refractivity contribution in [2.24, 2.45) is 17.8 Å². The molecule has 1 saturated carbocycles. The van der Waals surface area contributed by atoms with Gasteiger partial charge in [-0.2, -0.15) is 0 Å². The number of nitrogens with one attached hydrogen (secondary N) is 4. The third-order valence-electron chi connectivity index (χ3n) is 11.3. The zero-order valence-corrected chi connectivity index (χ0v) is 39.7. The van der Waals surface area contributed by atoms with Crippen LogP contribution in [0.2, 0.25) is 0 Å². The summed E-state index contributed by atoms with van der Waals surface area (Å²) in [6, 6.07) is 25.1. The summed E-state index contributed by atoms with van der Waals surface area (Å²) in [6.45, 7) is 9.74. The molecule has 1 aliphatic rings. The fourth-order valence-corrected chi connectivity index (χ4v) is 8.03. The van der Waals surface area contributed by atoms with Crippen LogP contribution in [0, 0.1) is 17.8 Å². The van der Waals surface area contributed by atoms with Crippen molar-refractivity contribution in [1.82, 2.24) is 21.3 Å². The van der Waals surface area contributed by atoms with E-state index in [1.165, 1.54) is 0 Å². The number of alkyl carbamates (subject to hydrolysis) is 2. The van der Waals surface area contributed by atoms with Crippen molar-refractivity contribution in [2.45, 2.75) is 155 Å². The third-order valence-corrected chi connectivity index (χ3v) is 11.3. The number of esters is 1. The van der Waals surface area contributed by atoms with Gasteiger partial charge in [0.1, 0.15) is 30.9 Å². The van der Waals surface area contributed by atoms with Crippen molar-refractivity contribution >= 4 is 42.4 Å². The molecule has 0 aromatic heterocycles. The molecule has 13 nitrogen and oxygen atoms in total. The lowest BCUT2D eigenvalue weighted by molar-refractivity contribution is -0.149. The zero-order chi connectivity index (χ0) is 46.3. The Kier molecular flexibility index (Phi) is 23.9. The highest BCUT2D eigenvalue weighted by atomic mass is 35.5. The van der Waals surface area contributed by atoms with E-state index in [-0.39, 0.29) is 57.3 Å². The highest BCUT2D eigenvalue weighted by Gasteiger charge is 2.34. The van der Waals surface area contributed by atoms with Crippen LogP contribution in [-0.4, -0.2) is 71.5 Å². The molecule has 0 heterocycles. The average Bonchev–Trinajstić information content (AvgIpc) is 3.26. The van der Waals surface area contributed by atoms with Crippen molar-refractivity contribution in [1.29, 1.82) is 0 Å². The summed E-state index contributed by atoms with van der Waals surface area (Å²) in [4.78, 5) is 67.9. The van der Waals surface area contributed by atoms with Crippen LogP contribution in [0.5, 0.6) is 0 Å². The standard InChI is InChI=1S/C51H72N4O9.ClH/c1-36(2)30-41(33-45(56)43(31-37-20-10-6-11-21-37)55-50(61)64-51(3,4)5)46(57)53-42(28-18-19-29-52-49(60)63-35-40-26-16-9-17-27-40)47(58)54-44(32-38-22-12-7-13-23-38)48(59)62-34-39-24-14-8-15-25-39;/h7-9,12-17,22-27,36-37,41-45,56H,6,10-11,18-21,28-35H2,1-5H3,(H,52,60)(H,53,57)(H,54,58)(H,55,61);1H/t41-,42+,43+,44+,45+;/m1./s1. The van der Waals surface area contributed by atoms with E-state index in [0.29, 0.717) is 31.6 Å². The highest BCUT2D eigenvalue weighted by molar-refractivity contribution is 5.91. The van der Waals surface area contributed by atoms with Gasteiger partial charge in [-0.15, -0.1) is 12.4 Å². The van der Waals surface area contributed by atoms with Crippen molar-refractivity contribution < 1.29 is 43.3 Å². The van der Waals surface area contributed by atoms with Crippen LogP contribution in [-0.2, 0) is 48.2 Å². The van der Waals surface area contributed by atoms with Crippen LogP contribution in [0.15, 0.2) is 91.0 Å². The van der Waals surface area contributed by atoms with Gasteiger partial charge in [0, 0.05) is 18.9 Å².